The first-order valence-electron chi connectivity index (χ1n) is 7.16. The van der Waals surface area contributed by atoms with Crippen molar-refractivity contribution in [2.45, 2.75) is 13.8 Å². The third-order valence-corrected chi connectivity index (χ3v) is 3.58. The van der Waals surface area contributed by atoms with Gasteiger partial charge in [-0.1, -0.05) is 18.2 Å². The predicted octanol–water partition coefficient (Wildman–Crippen LogP) is 3.75. The normalized spacial score (nSPS) is 10.8. The average Bonchev–Trinajstić information content (AvgIpc) is 2.50. The first-order chi connectivity index (χ1) is 10.6. The molecule has 0 aliphatic rings. The molecule has 4 heteroatoms. The molecule has 2 aromatic carbocycles. The van der Waals surface area contributed by atoms with E-state index in [0.717, 1.165) is 11.1 Å². The van der Waals surface area contributed by atoms with Crippen LogP contribution in [0.5, 0.6) is 5.75 Å². The topological polar surface area (TPSA) is 65.5 Å². The smallest absolute Gasteiger partial charge is 0.197 e. The fourth-order valence-corrected chi connectivity index (χ4v) is 2.39. The zero-order chi connectivity index (χ0) is 15.7. The summed E-state index contributed by atoms with van der Waals surface area (Å²) in [5.74, 6) is 1.04. The zero-order valence-corrected chi connectivity index (χ0v) is 12.6. The van der Waals surface area contributed by atoms with Gasteiger partial charge in [0.25, 0.3) is 0 Å². The SMILES string of the molecule is CCOc1cccc2oc(-c3ccc(C)c(N)c3)cc(=O)c12. The standard InChI is InChI=1S/C18H17NO3/c1-3-21-15-5-4-6-16-18(15)14(20)10-17(22-16)12-8-7-11(2)13(19)9-12/h4-10H,3,19H2,1-2H3. The molecule has 0 aliphatic carbocycles. The molecule has 0 atom stereocenters. The lowest BCUT2D eigenvalue weighted by atomic mass is 10.1. The Morgan fingerprint density at radius 1 is 1.18 bits per heavy atom. The molecule has 112 valence electrons. The van der Waals surface area contributed by atoms with E-state index in [1.54, 1.807) is 12.1 Å². The molecule has 0 radical (unpaired) electrons. The summed E-state index contributed by atoms with van der Waals surface area (Å²) in [5.41, 5.74) is 8.76. The van der Waals surface area contributed by atoms with Crippen LogP contribution < -0.4 is 15.9 Å². The quantitative estimate of drug-likeness (QED) is 0.747. The Morgan fingerprint density at radius 2 is 2.00 bits per heavy atom. The highest BCUT2D eigenvalue weighted by molar-refractivity contribution is 5.85. The predicted molar refractivity (Wildman–Crippen MR) is 88.2 cm³/mol. The number of ether oxygens (including phenoxy) is 1. The molecule has 2 N–H and O–H groups in total. The molecule has 3 aromatic rings. The van der Waals surface area contributed by atoms with Crippen LogP contribution in [0.1, 0.15) is 12.5 Å². The lowest BCUT2D eigenvalue weighted by Gasteiger charge is -2.08. The van der Waals surface area contributed by atoms with Gasteiger partial charge in [0.1, 0.15) is 22.5 Å². The van der Waals surface area contributed by atoms with Crippen LogP contribution in [0, 0.1) is 6.92 Å². The minimum absolute atomic E-state index is 0.126. The Bertz CT molecular complexity index is 896. The number of nitrogens with two attached hydrogens (primary N) is 1. The number of nitrogen functional groups attached to an aromatic ring is 1. The molecule has 0 bridgehead atoms. The zero-order valence-electron chi connectivity index (χ0n) is 12.6. The van der Waals surface area contributed by atoms with Crippen molar-refractivity contribution in [1.29, 1.82) is 0 Å². The molecule has 0 unspecified atom stereocenters. The van der Waals surface area contributed by atoms with Crippen LogP contribution in [0.25, 0.3) is 22.3 Å². The maximum absolute atomic E-state index is 12.4. The number of hydrogen-bond donors (Lipinski definition) is 1. The van der Waals surface area contributed by atoms with E-state index in [-0.39, 0.29) is 5.43 Å². The van der Waals surface area contributed by atoms with Crippen LogP contribution in [0.3, 0.4) is 0 Å². The highest BCUT2D eigenvalue weighted by Gasteiger charge is 2.11. The number of anilines is 1. The summed E-state index contributed by atoms with van der Waals surface area (Å²) >= 11 is 0. The molecule has 22 heavy (non-hydrogen) atoms. The first-order valence-corrected chi connectivity index (χ1v) is 7.16. The van der Waals surface area contributed by atoms with Gasteiger partial charge in [0.15, 0.2) is 5.43 Å². The Morgan fingerprint density at radius 3 is 2.73 bits per heavy atom. The molecule has 4 nitrogen and oxygen atoms in total. The van der Waals surface area contributed by atoms with E-state index in [9.17, 15) is 4.79 Å². The van der Waals surface area contributed by atoms with Crippen molar-refractivity contribution in [3.05, 3.63) is 58.3 Å². The Hall–Kier alpha value is -2.75. The van der Waals surface area contributed by atoms with Crippen LogP contribution in [0.4, 0.5) is 5.69 Å². The van der Waals surface area contributed by atoms with Crippen LogP contribution in [-0.4, -0.2) is 6.61 Å². The van der Waals surface area contributed by atoms with Crippen molar-refractivity contribution < 1.29 is 9.15 Å². The average molecular weight is 295 g/mol. The van der Waals surface area contributed by atoms with Gasteiger partial charge in [0.2, 0.25) is 0 Å². The Labute approximate surface area is 128 Å². The van der Waals surface area contributed by atoms with Crippen LogP contribution in [0.15, 0.2) is 51.7 Å². The fourth-order valence-electron chi connectivity index (χ4n) is 2.39. The van der Waals surface area contributed by atoms with Gasteiger partial charge in [-0.3, -0.25) is 4.79 Å². The maximum Gasteiger partial charge on any atom is 0.197 e. The van der Waals surface area contributed by atoms with Gasteiger partial charge in [-0.15, -0.1) is 0 Å². The van der Waals surface area contributed by atoms with Crippen molar-refractivity contribution >= 4 is 16.7 Å². The highest BCUT2D eigenvalue weighted by atomic mass is 16.5. The molecule has 0 aliphatic heterocycles. The van der Waals surface area contributed by atoms with Gasteiger partial charge in [-0.05, 0) is 37.6 Å². The molecular formula is C18H17NO3. The van der Waals surface area contributed by atoms with Crippen molar-refractivity contribution in [3.63, 3.8) is 0 Å². The number of fused-ring (bicyclic) bond motifs is 1. The third-order valence-electron chi connectivity index (χ3n) is 3.58. The van der Waals surface area contributed by atoms with E-state index in [4.69, 9.17) is 14.9 Å². The molecule has 0 spiro atoms. The van der Waals surface area contributed by atoms with Gasteiger partial charge in [0, 0.05) is 17.3 Å². The molecule has 0 saturated heterocycles. The van der Waals surface area contributed by atoms with E-state index < -0.39 is 0 Å². The summed E-state index contributed by atoms with van der Waals surface area (Å²) in [7, 11) is 0. The van der Waals surface area contributed by atoms with Gasteiger partial charge in [-0.2, -0.15) is 0 Å². The van der Waals surface area contributed by atoms with E-state index in [1.165, 1.54) is 6.07 Å². The van der Waals surface area contributed by atoms with Crippen molar-refractivity contribution in [2.24, 2.45) is 0 Å². The summed E-state index contributed by atoms with van der Waals surface area (Å²) < 4.78 is 11.4. The number of hydrogen-bond acceptors (Lipinski definition) is 4. The van der Waals surface area contributed by atoms with Gasteiger partial charge >= 0.3 is 0 Å². The number of rotatable bonds is 3. The van der Waals surface area contributed by atoms with Crippen molar-refractivity contribution in [3.8, 4) is 17.1 Å². The molecule has 0 saturated carbocycles. The van der Waals surface area contributed by atoms with Gasteiger partial charge < -0.3 is 14.9 Å². The number of benzene rings is 2. The lowest BCUT2D eigenvalue weighted by Crippen LogP contribution is -2.04. The van der Waals surface area contributed by atoms with E-state index >= 15 is 0 Å². The molecule has 3 rings (SSSR count). The van der Waals surface area contributed by atoms with Crippen molar-refractivity contribution in [1.82, 2.24) is 0 Å². The second kappa shape index (κ2) is 5.56. The fraction of sp³-hybridized carbons (Fsp3) is 0.167. The second-order valence-corrected chi connectivity index (χ2v) is 5.11. The largest absolute Gasteiger partial charge is 0.493 e. The molecule has 0 fully saturated rings. The lowest BCUT2D eigenvalue weighted by molar-refractivity contribution is 0.344. The third kappa shape index (κ3) is 2.44. The molecular weight excluding hydrogens is 278 g/mol. The summed E-state index contributed by atoms with van der Waals surface area (Å²) in [5, 5.41) is 0.466. The van der Waals surface area contributed by atoms with E-state index in [1.807, 2.05) is 38.1 Å². The monoisotopic (exact) mass is 295 g/mol. The molecule has 0 amide bonds. The van der Waals surface area contributed by atoms with Crippen molar-refractivity contribution in [2.75, 3.05) is 12.3 Å². The summed E-state index contributed by atoms with van der Waals surface area (Å²) in [6, 6.07) is 12.4. The summed E-state index contributed by atoms with van der Waals surface area (Å²) in [4.78, 5) is 12.4. The van der Waals surface area contributed by atoms with Gasteiger partial charge in [-0.25, -0.2) is 0 Å². The summed E-state index contributed by atoms with van der Waals surface area (Å²) in [6.45, 7) is 4.31. The van der Waals surface area contributed by atoms with E-state index in [0.29, 0.717) is 34.8 Å². The summed E-state index contributed by atoms with van der Waals surface area (Å²) in [6.07, 6.45) is 0. The molecule has 1 aromatic heterocycles. The van der Waals surface area contributed by atoms with Crippen LogP contribution >= 0.6 is 0 Å². The second-order valence-electron chi connectivity index (χ2n) is 5.11. The van der Waals surface area contributed by atoms with Crippen LogP contribution in [-0.2, 0) is 0 Å². The maximum atomic E-state index is 12.4. The number of aryl methyl sites for hydroxylation is 1. The Balaban J connectivity index is 2.21. The van der Waals surface area contributed by atoms with Gasteiger partial charge in [0.05, 0.1) is 6.61 Å². The molecule has 1 heterocycles. The first kappa shape index (κ1) is 14.2. The van der Waals surface area contributed by atoms with E-state index in [2.05, 4.69) is 0 Å². The Kier molecular flexibility index (Phi) is 3.59. The minimum Gasteiger partial charge on any atom is -0.493 e. The van der Waals surface area contributed by atoms with Crippen LogP contribution in [0.2, 0.25) is 0 Å². The highest BCUT2D eigenvalue weighted by Crippen LogP contribution is 2.28. The minimum atomic E-state index is -0.126.